The van der Waals surface area contributed by atoms with E-state index in [0.29, 0.717) is 11.1 Å². The number of hydrogen-bond donors (Lipinski definition) is 0. The number of hydrogen-bond acceptors (Lipinski definition) is 5. The van der Waals surface area contributed by atoms with Gasteiger partial charge in [0.25, 0.3) is 0 Å². The van der Waals surface area contributed by atoms with E-state index < -0.39 is 0 Å². The molecule has 0 N–H and O–H groups in total. The lowest BCUT2D eigenvalue weighted by Gasteiger charge is -2.05. The van der Waals surface area contributed by atoms with Crippen LogP contribution in [0.15, 0.2) is 48.5 Å². The second-order valence-corrected chi connectivity index (χ2v) is 4.92. The fourth-order valence-electron chi connectivity index (χ4n) is 2.04. The Bertz CT molecular complexity index is 600. The molecule has 0 unspecified atom stereocenters. The topological polar surface area (TPSA) is 61.8 Å². The lowest BCUT2D eigenvalue weighted by Crippen LogP contribution is -2.01. The molecule has 5 nitrogen and oxygen atoms in total. The molecule has 2 rings (SSSR count). The molecule has 2 aromatic rings. The molecular formula is C20H24O5. The fourth-order valence-corrected chi connectivity index (χ4v) is 2.04. The number of benzene rings is 2. The van der Waals surface area contributed by atoms with Crippen molar-refractivity contribution in [3.05, 3.63) is 59.7 Å². The third kappa shape index (κ3) is 6.39. The zero-order valence-corrected chi connectivity index (χ0v) is 15.1. The van der Waals surface area contributed by atoms with Crippen molar-refractivity contribution < 1.29 is 23.8 Å². The van der Waals surface area contributed by atoms with Crippen LogP contribution in [0.2, 0.25) is 0 Å². The van der Waals surface area contributed by atoms with Crippen molar-refractivity contribution in [2.75, 3.05) is 27.4 Å². The molecule has 0 spiro atoms. The van der Waals surface area contributed by atoms with Crippen LogP contribution in [0.25, 0.3) is 11.1 Å². The summed E-state index contributed by atoms with van der Waals surface area (Å²) in [5, 5.41) is 0. The van der Waals surface area contributed by atoms with E-state index >= 15 is 0 Å². The Morgan fingerprint density at radius 3 is 1.20 bits per heavy atom. The molecule has 25 heavy (non-hydrogen) atoms. The molecular weight excluding hydrogens is 320 g/mol. The van der Waals surface area contributed by atoms with Crippen molar-refractivity contribution in [2.24, 2.45) is 0 Å². The van der Waals surface area contributed by atoms with Gasteiger partial charge in [-0.25, -0.2) is 9.59 Å². The zero-order chi connectivity index (χ0) is 18.7. The number of rotatable bonds is 5. The number of methoxy groups -OCH3 is 2. The molecule has 0 aliphatic rings. The average Bonchev–Trinajstić information content (AvgIpc) is 2.68. The Kier molecular flexibility index (Phi) is 8.96. The quantitative estimate of drug-likeness (QED) is 0.768. The zero-order valence-electron chi connectivity index (χ0n) is 15.1. The van der Waals surface area contributed by atoms with E-state index in [2.05, 4.69) is 9.47 Å². The maximum atomic E-state index is 11.3. The molecule has 0 fully saturated rings. The van der Waals surface area contributed by atoms with Gasteiger partial charge in [0.05, 0.1) is 25.3 Å². The first-order valence-electron chi connectivity index (χ1n) is 8.02. The first-order chi connectivity index (χ1) is 12.1. The Morgan fingerprint density at radius 1 is 0.680 bits per heavy atom. The van der Waals surface area contributed by atoms with Crippen LogP contribution in [-0.2, 0) is 14.2 Å². The lowest BCUT2D eigenvalue weighted by molar-refractivity contribution is 0.0592. The summed E-state index contributed by atoms with van der Waals surface area (Å²) in [6.45, 7) is 5.67. The molecule has 0 heterocycles. The highest BCUT2D eigenvalue weighted by molar-refractivity contribution is 5.91. The predicted octanol–water partition coefficient (Wildman–Crippen LogP) is 3.97. The van der Waals surface area contributed by atoms with E-state index in [-0.39, 0.29) is 11.9 Å². The molecule has 0 atom stereocenters. The molecule has 0 amide bonds. The summed E-state index contributed by atoms with van der Waals surface area (Å²) < 4.78 is 14.1. The highest BCUT2D eigenvalue weighted by Gasteiger charge is 2.07. The van der Waals surface area contributed by atoms with E-state index in [1.807, 2.05) is 38.1 Å². The van der Waals surface area contributed by atoms with Gasteiger partial charge in [-0.3, -0.25) is 0 Å². The van der Waals surface area contributed by atoms with Crippen LogP contribution in [0.3, 0.4) is 0 Å². The van der Waals surface area contributed by atoms with Gasteiger partial charge in [0.1, 0.15) is 0 Å². The second-order valence-electron chi connectivity index (χ2n) is 4.92. The Labute approximate surface area is 148 Å². The van der Waals surface area contributed by atoms with Gasteiger partial charge >= 0.3 is 11.9 Å². The van der Waals surface area contributed by atoms with Gasteiger partial charge in [-0.05, 0) is 49.2 Å². The van der Waals surface area contributed by atoms with Gasteiger partial charge in [0.15, 0.2) is 0 Å². The number of ether oxygens (including phenoxy) is 3. The minimum atomic E-state index is -0.363. The summed E-state index contributed by atoms with van der Waals surface area (Å²) in [4.78, 5) is 22.7. The van der Waals surface area contributed by atoms with Crippen molar-refractivity contribution >= 4 is 11.9 Å². The van der Waals surface area contributed by atoms with E-state index in [0.717, 1.165) is 24.3 Å². The number of esters is 2. The Hall–Kier alpha value is -2.66. The van der Waals surface area contributed by atoms with Crippen molar-refractivity contribution in [3.8, 4) is 11.1 Å². The van der Waals surface area contributed by atoms with Crippen molar-refractivity contribution in [1.29, 1.82) is 0 Å². The maximum absolute atomic E-state index is 11.3. The largest absolute Gasteiger partial charge is 0.465 e. The van der Waals surface area contributed by atoms with Gasteiger partial charge in [0.2, 0.25) is 0 Å². The fraction of sp³-hybridized carbons (Fsp3) is 0.300. The summed E-state index contributed by atoms with van der Waals surface area (Å²) in [7, 11) is 2.70. The monoisotopic (exact) mass is 344 g/mol. The van der Waals surface area contributed by atoms with E-state index in [4.69, 9.17) is 4.74 Å². The first kappa shape index (κ1) is 20.4. The summed E-state index contributed by atoms with van der Waals surface area (Å²) in [5.74, 6) is -0.727. The molecule has 0 bridgehead atoms. The summed E-state index contributed by atoms with van der Waals surface area (Å²) in [5.41, 5.74) is 2.91. The highest BCUT2D eigenvalue weighted by atomic mass is 16.5. The van der Waals surface area contributed by atoms with E-state index in [1.54, 1.807) is 24.3 Å². The van der Waals surface area contributed by atoms with Crippen LogP contribution in [0.4, 0.5) is 0 Å². The maximum Gasteiger partial charge on any atom is 0.337 e. The van der Waals surface area contributed by atoms with Crippen LogP contribution >= 0.6 is 0 Å². The third-order valence-corrected chi connectivity index (χ3v) is 3.35. The molecule has 0 saturated carbocycles. The first-order valence-corrected chi connectivity index (χ1v) is 8.02. The molecule has 0 radical (unpaired) electrons. The van der Waals surface area contributed by atoms with Crippen LogP contribution < -0.4 is 0 Å². The molecule has 0 saturated heterocycles. The molecule has 5 heteroatoms. The minimum Gasteiger partial charge on any atom is -0.465 e. The van der Waals surface area contributed by atoms with Crippen molar-refractivity contribution in [2.45, 2.75) is 13.8 Å². The molecule has 0 aliphatic carbocycles. The average molecular weight is 344 g/mol. The number of carbonyl (C=O) groups is 2. The lowest BCUT2D eigenvalue weighted by atomic mass is 10.0. The van der Waals surface area contributed by atoms with Crippen molar-refractivity contribution in [3.63, 3.8) is 0 Å². The highest BCUT2D eigenvalue weighted by Crippen LogP contribution is 2.20. The van der Waals surface area contributed by atoms with Gasteiger partial charge in [-0.2, -0.15) is 0 Å². The SMILES string of the molecule is CCOCC.COC(=O)c1ccc(-c2ccc(C(=O)OC)cc2)cc1. The van der Waals surface area contributed by atoms with E-state index in [1.165, 1.54) is 14.2 Å². The predicted molar refractivity (Wildman–Crippen MR) is 96.7 cm³/mol. The van der Waals surface area contributed by atoms with Crippen LogP contribution in [0.5, 0.6) is 0 Å². The summed E-state index contributed by atoms with van der Waals surface area (Å²) >= 11 is 0. The van der Waals surface area contributed by atoms with Gasteiger partial charge < -0.3 is 14.2 Å². The molecule has 2 aromatic carbocycles. The Balaban J connectivity index is 0.000000550. The van der Waals surface area contributed by atoms with Gasteiger partial charge in [0, 0.05) is 13.2 Å². The Morgan fingerprint density at radius 2 is 1.00 bits per heavy atom. The van der Waals surface area contributed by atoms with Gasteiger partial charge in [-0.1, -0.05) is 24.3 Å². The second kappa shape index (κ2) is 11.0. The van der Waals surface area contributed by atoms with E-state index in [9.17, 15) is 9.59 Å². The standard InChI is InChI=1S/C16H14O4.C4H10O/c1-19-15(17)13-7-3-11(4-8-13)12-5-9-14(10-6-12)16(18)20-2;1-3-5-4-2/h3-10H,1-2H3;3-4H2,1-2H3. The molecule has 0 aromatic heterocycles. The third-order valence-electron chi connectivity index (χ3n) is 3.35. The normalized spacial score (nSPS) is 9.60. The molecule has 134 valence electrons. The van der Waals surface area contributed by atoms with Crippen LogP contribution in [-0.4, -0.2) is 39.4 Å². The van der Waals surface area contributed by atoms with Gasteiger partial charge in [-0.15, -0.1) is 0 Å². The van der Waals surface area contributed by atoms with Crippen molar-refractivity contribution in [1.82, 2.24) is 0 Å². The van der Waals surface area contributed by atoms with Crippen LogP contribution in [0.1, 0.15) is 34.6 Å². The number of carbonyl (C=O) groups excluding carboxylic acids is 2. The van der Waals surface area contributed by atoms with Crippen LogP contribution in [0, 0.1) is 0 Å². The summed E-state index contributed by atoms with van der Waals surface area (Å²) in [6.07, 6.45) is 0. The minimum absolute atomic E-state index is 0.363. The smallest absolute Gasteiger partial charge is 0.337 e. The summed E-state index contributed by atoms with van der Waals surface area (Å²) in [6, 6.07) is 14.1. The molecule has 0 aliphatic heterocycles.